The maximum Gasteiger partial charge on any atom is 0.333 e. The summed E-state index contributed by atoms with van der Waals surface area (Å²) in [6, 6.07) is 8.49. The van der Waals surface area contributed by atoms with E-state index in [-0.39, 0.29) is 5.82 Å². The average Bonchev–Trinajstić information content (AvgIpc) is 2.97. The summed E-state index contributed by atoms with van der Waals surface area (Å²) in [5.41, 5.74) is -1.08. The van der Waals surface area contributed by atoms with E-state index in [0.717, 1.165) is 0 Å². The highest BCUT2D eigenvalue weighted by atomic mass is 16.4. The lowest BCUT2D eigenvalue weighted by molar-refractivity contribution is -0.144. The molecule has 7 heteroatoms. The number of carbonyl (C=O) groups excluding carboxylic acids is 1. The highest BCUT2D eigenvalue weighted by Gasteiger charge is 2.37. The number of carboxylic acids is 1. The molecule has 0 bridgehead atoms. The van der Waals surface area contributed by atoms with Gasteiger partial charge < -0.3 is 10.4 Å². The zero-order chi connectivity index (χ0) is 15.5. The molecular formula is C14H16N4O3. The van der Waals surface area contributed by atoms with Gasteiger partial charge in [0.1, 0.15) is 5.82 Å². The van der Waals surface area contributed by atoms with Crippen LogP contribution in [0.2, 0.25) is 0 Å². The molecule has 1 atom stereocenters. The first kappa shape index (κ1) is 14.7. The van der Waals surface area contributed by atoms with Crippen LogP contribution in [-0.4, -0.2) is 32.2 Å². The van der Waals surface area contributed by atoms with Crippen molar-refractivity contribution in [3.05, 3.63) is 47.5 Å². The van der Waals surface area contributed by atoms with E-state index < -0.39 is 17.4 Å². The normalized spacial score (nSPS) is 13.4. The zero-order valence-electron chi connectivity index (χ0n) is 11.8. The molecule has 0 radical (unpaired) electrons. The number of aryl methyl sites for hydroxylation is 1. The second-order valence-corrected chi connectivity index (χ2v) is 4.71. The average molecular weight is 288 g/mol. The van der Waals surface area contributed by atoms with Gasteiger partial charge in [-0.15, -0.1) is 5.10 Å². The summed E-state index contributed by atoms with van der Waals surface area (Å²) < 4.78 is 0. The number of aromatic amines is 1. The largest absolute Gasteiger partial charge is 0.479 e. The lowest BCUT2D eigenvalue weighted by Crippen LogP contribution is -2.49. The Bertz CT molecular complexity index is 653. The molecule has 3 N–H and O–H groups in total. The molecule has 1 aromatic carbocycles. The number of H-pyrrole nitrogens is 1. The molecule has 1 aromatic heterocycles. The molecule has 1 unspecified atom stereocenters. The lowest BCUT2D eigenvalue weighted by atomic mass is 9.92. The summed E-state index contributed by atoms with van der Waals surface area (Å²) in [5.74, 6) is -1.31. The number of rotatable bonds is 5. The third kappa shape index (κ3) is 2.91. The molecule has 0 saturated heterocycles. The fraction of sp³-hybridized carbons (Fsp3) is 0.286. The van der Waals surface area contributed by atoms with E-state index in [4.69, 9.17) is 0 Å². The molecule has 21 heavy (non-hydrogen) atoms. The Morgan fingerprint density at radius 3 is 2.52 bits per heavy atom. The van der Waals surface area contributed by atoms with E-state index in [1.54, 1.807) is 30.3 Å². The molecule has 7 nitrogen and oxygen atoms in total. The number of amides is 1. The molecule has 0 aliphatic heterocycles. The van der Waals surface area contributed by atoms with Crippen molar-refractivity contribution in [1.29, 1.82) is 0 Å². The van der Waals surface area contributed by atoms with Gasteiger partial charge in [0.15, 0.2) is 5.54 Å². The van der Waals surface area contributed by atoms with Crippen LogP contribution in [0, 0.1) is 0 Å². The quantitative estimate of drug-likeness (QED) is 0.763. The minimum Gasteiger partial charge on any atom is -0.479 e. The summed E-state index contributed by atoms with van der Waals surface area (Å²) in [4.78, 5) is 27.7. The number of hydrogen-bond acceptors (Lipinski definition) is 4. The number of aromatic nitrogens is 3. The number of nitrogens with one attached hydrogen (secondary N) is 2. The van der Waals surface area contributed by atoms with Gasteiger partial charge in [-0.2, -0.15) is 0 Å². The molecule has 0 saturated carbocycles. The number of carboxylic acid groups (broad SMARTS) is 1. The number of aliphatic carboxylic acids is 1. The van der Waals surface area contributed by atoms with E-state index in [9.17, 15) is 14.7 Å². The maximum absolute atomic E-state index is 12.1. The molecule has 2 rings (SSSR count). The van der Waals surface area contributed by atoms with E-state index in [1.165, 1.54) is 6.92 Å². The SMILES string of the molecule is CCc1nc(C(=O)NC(C)(C(=O)O)c2ccccc2)n[nH]1. The Kier molecular flexibility index (Phi) is 4.02. The Hall–Kier alpha value is -2.70. The minimum atomic E-state index is -1.55. The van der Waals surface area contributed by atoms with Crippen LogP contribution in [0.4, 0.5) is 0 Å². The predicted octanol–water partition coefficient (Wildman–Crippen LogP) is 1.10. The highest BCUT2D eigenvalue weighted by molar-refractivity contribution is 5.95. The van der Waals surface area contributed by atoms with Gasteiger partial charge in [-0.05, 0) is 12.5 Å². The first-order valence-corrected chi connectivity index (χ1v) is 6.50. The van der Waals surface area contributed by atoms with Crippen molar-refractivity contribution < 1.29 is 14.7 Å². The number of nitrogens with zero attached hydrogens (tertiary/aromatic N) is 2. The monoisotopic (exact) mass is 288 g/mol. The van der Waals surface area contributed by atoms with Gasteiger partial charge in [-0.3, -0.25) is 9.89 Å². The van der Waals surface area contributed by atoms with Crippen LogP contribution in [0.5, 0.6) is 0 Å². The highest BCUT2D eigenvalue weighted by Crippen LogP contribution is 2.21. The molecule has 1 amide bonds. The van der Waals surface area contributed by atoms with Crippen molar-refractivity contribution in [2.75, 3.05) is 0 Å². The van der Waals surface area contributed by atoms with Crippen molar-refractivity contribution in [3.63, 3.8) is 0 Å². The van der Waals surface area contributed by atoms with E-state index in [0.29, 0.717) is 17.8 Å². The van der Waals surface area contributed by atoms with Crippen LogP contribution < -0.4 is 5.32 Å². The molecule has 110 valence electrons. The topological polar surface area (TPSA) is 108 Å². The van der Waals surface area contributed by atoms with Gasteiger partial charge in [0.05, 0.1) is 0 Å². The van der Waals surface area contributed by atoms with Crippen LogP contribution in [-0.2, 0) is 16.8 Å². The summed E-state index contributed by atoms with van der Waals surface area (Å²) in [7, 11) is 0. The maximum atomic E-state index is 12.1. The fourth-order valence-corrected chi connectivity index (χ4v) is 1.86. The van der Waals surface area contributed by atoms with Crippen LogP contribution >= 0.6 is 0 Å². The Labute approximate surface area is 121 Å². The first-order valence-electron chi connectivity index (χ1n) is 6.50. The fourth-order valence-electron chi connectivity index (χ4n) is 1.86. The second-order valence-electron chi connectivity index (χ2n) is 4.71. The first-order chi connectivity index (χ1) is 9.97. The predicted molar refractivity (Wildman–Crippen MR) is 74.7 cm³/mol. The molecule has 0 aliphatic carbocycles. The van der Waals surface area contributed by atoms with Crippen LogP contribution in [0.1, 0.15) is 35.9 Å². The molecule has 2 aromatic rings. The van der Waals surface area contributed by atoms with Gasteiger partial charge in [0.2, 0.25) is 5.82 Å². The Balaban J connectivity index is 2.28. The van der Waals surface area contributed by atoms with Gasteiger partial charge in [-0.25, -0.2) is 9.78 Å². The van der Waals surface area contributed by atoms with Crippen LogP contribution in [0.25, 0.3) is 0 Å². The van der Waals surface area contributed by atoms with Gasteiger partial charge in [-0.1, -0.05) is 37.3 Å². The van der Waals surface area contributed by atoms with Crippen molar-refractivity contribution in [2.45, 2.75) is 25.8 Å². The molecule has 0 fully saturated rings. The van der Waals surface area contributed by atoms with Crippen molar-refractivity contribution in [3.8, 4) is 0 Å². The second kappa shape index (κ2) is 5.74. The third-order valence-corrected chi connectivity index (χ3v) is 3.21. The summed E-state index contributed by atoms with van der Waals surface area (Å²) in [6.45, 7) is 3.30. The van der Waals surface area contributed by atoms with Crippen molar-refractivity contribution >= 4 is 11.9 Å². The third-order valence-electron chi connectivity index (χ3n) is 3.21. The molecule has 0 aliphatic rings. The summed E-state index contributed by atoms with van der Waals surface area (Å²) >= 11 is 0. The Morgan fingerprint density at radius 1 is 1.33 bits per heavy atom. The number of carbonyl (C=O) groups is 2. The van der Waals surface area contributed by atoms with Crippen molar-refractivity contribution in [1.82, 2.24) is 20.5 Å². The lowest BCUT2D eigenvalue weighted by Gasteiger charge is -2.26. The summed E-state index contributed by atoms with van der Waals surface area (Å²) in [5, 5.41) is 18.4. The van der Waals surface area contributed by atoms with E-state index in [2.05, 4.69) is 20.5 Å². The number of hydrogen-bond donors (Lipinski definition) is 3. The standard InChI is InChI=1S/C14H16N4O3/c1-3-10-15-11(18-17-10)12(19)16-14(2,13(20)21)9-7-5-4-6-8-9/h4-8H,3H2,1-2H3,(H,16,19)(H,20,21)(H,15,17,18). The van der Waals surface area contributed by atoms with E-state index in [1.807, 2.05) is 6.92 Å². The van der Waals surface area contributed by atoms with Crippen LogP contribution in [0.15, 0.2) is 30.3 Å². The van der Waals surface area contributed by atoms with Gasteiger partial charge >= 0.3 is 5.97 Å². The van der Waals surface area contributed by atoms with E-state index >= 15 is 0 Å². The van der Waals surface area contributed by atoms with Crippen LogP contribution in [0.3, 0.4) is 0 Å². The van der Waals surface area contributed by atoms with Gasteiger partial charge in [0.25, 0.3) is 5.91 Å². The zero-order valence-corrected chi connectivity index (χ0v) is 11.8. The molecule has 1 heterocycles. The Morgan fingerprint density at radius 2 is 2.00 bits per heavy atom. The molecular weight excluding hydrogens is 272 g/mol. The smallest absolute Gasteiger partial charge is 0.333 e. The van der Waals surface area contributed by atoms with Gasteiger partial charge in [0, 0.05) is 6.42 Å². The molecule has 0 spiro atoms. The number of benzene rings is 1. The van der Waals surface area contributed by atoms with Crippen molar-refractivity contribution in [2.24, 2.45) is 0 Å². The minimum absolute atomic E-state index is 0.0738. The summed E-state index contributed by atoms with van der Waals surface area (Å²) in [6.07, 6.45) is 0.606.